The van der Waals surface area contributed by atoms with E-state index in [1.54, 1.807) is 0 Å². The van der Waals surface area contributed by atoms with Crippen molar-refractivity contribution in [3.63, 3.8) is 0 Å². The highest BCUT2D eigenvalue weighted by Gasteiger charge is 2.23. The molecule has 1 amide bonds. The van der Waals surface area contributed by atoms with Crippen molar-refractivity contribution >= 4 is 28.6 Å². The Morgan fingerprint density at radius 3 is 2.62 bits per heavy atom. The van der Waals surface area contributed by atoms with E-state index in [-0.39, 0.29) is 11.9 Å². The predicted molar refractivity (Wildman–Crippen MR) is 164 cm³/mol. The van der Waals surface area contributed by atoms with Gasteiger partial charge in [-0.25, -0.2) is 4.98 Å². The molecule has 0 unspecified atom stereocenters. The van der Waals surface area contributed by atoms with Crippen molar-refractivity contribution in [2.75, 3.05) is 37.4 Å². The molecule has 0 spiro atoms. The molecule has 4 heterocycles. The number of nitrogens with zero attached hydrogens (tertiary/aromatic N) is 4. The van der Waals surface area contributed by atoms with Crippen molar-refractivity contribution in [3.05, 3.63) is 89.1 Å². The number of rotatable bonds is 7. The summed E-state index contributed by atoms with van der Waals surface area (Å²) >= 11 is 0. The number of aromatic nitrogens is 4. The highest BCUT2D eigenvalue weighted by molar-refractivity contribution is 6.05. The molecule has 1 saturated carbocycles. The molecule has 212 valence electrons. The third-order valence-electron chi connectivity index (χ3n) is 8.17. The molecule has 1 aliphatic heterocycles. The minimum absolute atomic E-state index is 0.142. The molecule has 0 bridgehead atoms. The lowest BCUT2D eigenvalue weighted by Crippen LogP contribution is -2.35. The molecule has 1 saturated heterocycles. The van der Waals surface area contributed by atoms with Crippen LogP contribution in [0.4, 0.5) is 11.6 Å². The highest BCUT2D eigenvalue weighted by atomic mass is 16.5. The first-order chi connectivity index (χ1) is 20.5. The number of fused-ring (bicyclic) bond motifs is 1. The fraction of sp³-hybridized carbons (Fsp3) is 0.273. The van der Waals surface area contributed by atoms with E-state index in [9.17, 15) is 4.79 Å². The summed E-state index contributed by atoms with van der Waals surface area (Å²) in [4.78, 5) is 32.7. The van der Waals surface area contributed by atoms with E-state index in [2.05, 4.69) is 43.4 Å². The molecular formula is C33H33N7O2. The van der Waals surface area contributed by atoms with Crippen LogP contribution in [0.25, 0.3) is 33.7 Å². The number of hydrogen-bond acceptors (Lipinski definition) is 7. The van der Waals surface area contributed by atoms with Crippen LogP contribution in [-0.2, 0) is 11.3 Å². The molecule has 2 aromatic carbocycles. The zero-order valence-corrected chi connectivity index (χ0v) is 23.6. The lowest BCUT2D eigenvalue weighted by Gasteiger charge is -2.26. The van der Waals surface area contributed by atoms with Gasteiger partial charge >= 0.3 is 0 Å². The minimum atomic E-state index is -0.142. The first-order valence-corrected chi connectivity index (χ1v) is 14.4. The number of nitrogens with two attached hydrogens (primary N) is 1. The van der Waals surface area contributed by atoms with Gasteiger partial charge in [0.2, 0.25) is 5.95 Å². The van der Waals surface area contributed by atoms with Crippen LogP contribution >= 0.6 is 0 Å². The number of hydrogen-bond donors (Lipinski definition) is 3. The van der Waals surface area contributed by atoms with Gasteiger partial charge in [0.15, 0.2) is 0 Å². The number of benzene rings is 2. The van der Waals surface area contributed by atoms with Crippen LogP contribution in [0.2, 0.25) is 0 Å². The van der Waals surface area contributed by atoms with Gasteiger partial charge in [0.05, 0.1) is 30.3 Å². The third kappa shape index (κ3) is 5.36. The summed E-state index contributed by atoms with van der Waals surface area (Å²) in [5.41, 5.74) is 14.7. The van der Waals surface area contributed by atoms with Crippen LogP contribution in [0.1, 0.15) is 45.8 Å². The zero-order valence-electron chi connectivity index (χ0n) is 23.6. The smallest absolute Gasteiger partial charge is 0.255 e. The second-order valence-corrected chi connectivity index (χ2v) is 11.1. The Bertz CT molecular complexity index is 1750. The molecule has 1 aliphatic carbocycles. The van der Waals surface area contributed by atoms with Crippen LogP contribution in [0.3, 0.4) is 0 Å². The number of nitrogens with one attached hydrogen (secondary N) is 2. The molecule has 7 rings (SSSR count). The number of pyridine rings is 1. The standard InChI is InChI=1S/C33H33N7O2/c1-20-25(3-2-4-27(20)37-32(41)24-10-8-23(9-11-24)22-6-7-22)30-26-17-29(36-31(26)39-33(34)38-30)28-12-5-21(18-35-28)19-40-13-15-42-16-14-40/h2-5,8-12,17-18,22H,6-7,13-16,19H2,1H3,(H,37,41)(H3,34,36,38,39). The van der Waals surface area contributed by atoms with E-state index >= 15 is 0 Å². The van der Waals surface area contributed by atoms with E-state index in [0.29, 0.717) is 22.8 Å². The number of aromatic amines is 1. The van der Waals surface area contributed by atoms with Crippen LogP contribution in [0.15, 0.2) is 66.9 Å². The summed E-state index contributed by atoms with van der Waals surface area (Å²) in [6, 6.07) is 19.9. The fourth-order valence-electron chi connectivity index (χ4n) is 5.61. The molecule has 2 fully saturated rings. The molecule has 4 N–H and O–H groups in total. The Balaban J connectivity index is 1.16. The summed E-state index contributed by atoms with van der Waals surface area (Å²) in [5, 5.41) is 3.92. The summed E-state index contributed by atoms with van der Waals surface area (Å²) in [7, 11) is 0. The van der Waals surface area contributed by atoms with Crippen LogP contribution in [0, 0.1) is 6.92 Å². The SMILES string of the molecule is Cc1c(NC(=O)c2ccc(C3CC3)cc2)cccc1-c1nc(N)nc2[nH]c(-c3ccc(CN4CCOCC4)cn3)cc12. The Morgan fingerprint density at radius 2 is 1.88 bits per heavy atom. The van der Waals surface area contributed by atoms with Gasteiger partial charge < -0.3 is 20.8 Å². The van der Waals surface area contributed by atoms with E-state index < -0.39 is 0 Å². The summed E-state index contributed by atoms with van der Waals surface area (Å²) < 4.78 is 5.45. The van der Waals surface area contributed by atoms with Crippen molar-refractivity contribution < 1.29 is 9.53 Å². The second-order valence-electron chi connectivity index (χ2n) is 11.1. The average Bonchev–Trinajstić information content (AvgIpc) is 3.78. The van der Waals surface area contributed by atoms with Gasteiger partial charge in [-0.2, -0.15) is 4.98 Å². The van der Waals surface area contributed by atoms with Crippen molar-refractivity contribution in [2.45, 2.75) is 32.2 Å². The molecule has 3 aromatic heterocycles. The van der Waals surface area contributed by atoms with Gasteiger partial charge in [-0.3, -0.25) is 14.7 Å². The topological polar surface area (TPSA) is 122 Å². The van der Waals surface area contributed by atoms with Crippen molar-refractivity contribution in [1.29, 1.82) is 0 Å². The van der Waals surface area contributed by atoms with Gasteiger partial charge in [0.1, 0.15) is 5.65 Å². The largest absolute Gasteiger partial charge is 0.379 e. The maximum Gasteiger partial charge on any atom is 0.255 e. The van der Waals surface area contributed by atoms with E-state index in [0.717, 1.165) is 72.0 Å². The Labute approximate surface area is 244 Å². The fourth-order valence-corrected chi connectivity index (χ4v) is 5.61. The lowest BCUT2D eigenvalue weighted by molar-refractivity contribution is 0.0341. The van der Waals surface area contributed by atoms with Gasteiger partial charge in [0, 0.05) is 48.0 Å². The summed E-state index contributed by atoms with van der Waals surface area (Å²) in [6.07, 6.45) is 4.39. The van der Waals surface area contributed by atoms with Crippen molar-refractivity contribution in [2.24, 2.45) is 0 Å². The minimum Gasteiger partial charge on any atom is -0.379 e. The maximum atomic E-state index is 13.1. The van der Waals surface area contributed by atoms with Crippen LogP contribution in [-0.4, -0.2) is 57.0 Å². The number of nitrogen functional groups attached to an aromatic ring is 1. The number of anilines is 2. The normalized spacial score (nSPS) is 15.6. The third-order valence-corrected chi connectivity index (χ3v) is 8.17. The first-order valence-electron chi connectivity index (χ1n) is 14.4. The molecule has 9 heteroatoms. The Hall–Kier alpha value is -4.60. The quantitative estimate of drug-likeness (QED) is 0.239. The predicted octanol–water partition coefficient (Wildman–Crippen LogP) is 5.54. The van der Waals surface area contributed by atoms with Crippen LogP contribution in [0.5, 0.6) is 0 Å². The number of carbonyl (C=O) groups excluding carboxylic acids is 1. The molecule has 42 heavy (non-hydrogen) atoms. The second kappa shape index (κ2) is 11.0. The number of amides is 1. The summed E-state index contributed by atoms with van der Waals surface area (Å²) in [6.45, 7) is 6.25. The number of carbonyl (C=O) groups is 1. The molecule has 0 radical (unpaired) electrons. The Morgan fingerprint density at radius 1 is 1.07 bits per heavy atom. The van der Waals surface area contributed by atoms with Crippen molar-refractivity contribution in [3.8, 4) is 22.6 Å². The molecule has 2 aliphatic rings. The van der Waals surface area contributed by atoms with Gasteiger partial charge in [-0.1, -0.05) is 30.3 Å². The van der Waals surface area contributed by atoms with E-state index in [1.807, 2.05) is 55.6 Å². The maximum absolute atomic E-state index is 13.1. The highest BCUT2D eigenvalue weighted by Crippen LogP contribution is 2.40. The number of H-pyrrole nitrogens is 1. The number of ether oxygens (including phenoxy) is 1. The number of morpholine rings is 1. The molecule has 9 nitrogen and oxygen atoms in total. The van der Waals surface area contributed by atoms with Crippen LogP contribution < -0.4 is 11.1 Å². The zero-order chi connectivity index (χ0) is 28.6. The van der Waals surface area contributed by atoms with E-state index in [4.69, 9.17) is 15.5 Å². The average molecular weight is 560 g/mol. The molecule has 5 aromatic rings. The van der Waals surface area contributed by atoms with E-state index in [1.165, 1.54) is 18.4 Å². The Kier molecular flexibility index (Phi) is 6.89. The van der Waals surface area contributed by atoms with Crippen molar-refractivity contribution in [1.82, 2.24) is 24.8 Å². The summed E-state index contributed by atoms with van der Waals surface area (Å²) in [5.74, 6) is 0.684. The molecular weight excluding hydrogens is 526 g/mol. The van der Waals surface area contributed by atoms with Gasteiger partial charge in [-0.15, -0.1) is 0 Å². The van der Waals surface area contributed by atoms with Gasteiger partial charge in [-0.05, 0) is 72.7 Å². The van der Waals surface area contributed by atoms with Gasteiger partial charge in [0.25, 0.3) is 5.91 Å². The first kappa shape index (κ1) is 26.3. The lowest BCUT2D eigenvalue weighted by atomic mass is 10.0. The molecule has 0 atom stereocenters. The monoisotopic (exact) mass is 559 g/mol.